The van der Waals surface area contributed by atoms with Crippen molar-refractivity contribution in [2.45, 2.75) is 42.7 Å². The number of fused-ring (bicyclic) bond motifs is 2. The largest absolute Gasteiger partial charge is 0.373 e. The van der Waals surface area contributed by atoms with Crippen molar-refractivity contribution in [3.8, 4) is 0 Å². The van der Waals surface area contributed by atoms with Crippen LogP contribution in [-0.2, 0) is 9.53 Å². The Kier molecular flexibility index (Phi) is 3.11. The van der Waals surface area contributed by atoms with Crippen molar-refractivity contribution >= 4 is 21.8 Å². The van der Waals surface area contributed by atoms with Crippen molar-refractivity contribution in [2.75, 3.05) is 14.1 Å². The van der Waals surface area contributed by atoms with Gasteiger partial charge in [-0.05, 0) is 42.9 Å². The minimum Gasteiger partial charge on any atom is -0.373 e. The predicted molar refractivity (Wildman–Crippen MR) is 85.1 cm³/mol. The fourth-order valence-electron chi connectivity index (χ4n) is 5.91. The molecule has 0 aromatic rings. The maximum atomic E-state index is 12.4. The topological polar surface area (TPSA) is 29.5 Å². The van der Waals surface area contributed by atoms with Gasteiger partial charge < -0.3 is 9.64 Å². The number of carbonyl (C=O) groups is 1. The predicted octanol–water partition coefficient (Wildman–Crippen LogP) is 2.84. The number of hydrogen-bond acceptors (Lipinski definition) is 2. The SMILES string of the molecule is C=C[C@@]1(CC(=O)N(C)C)CC[C@@H]2O[C@@H]3[C@H](Br)[C@@H]4C[C@H]3[C@H]2[C@@H]41. The summed E-state index contributed by atoms with van der Waals surface area (Å²) in [7, 11) is 3.71. The van der Waals surface area contributed by atoms with Gasteiger partial charge in [-0.1, -0.05) is 22.0 Å². The summed E-state index contributed by atoms with van der Waals surface area (Å²) >= 11 is 3.91. The lowest BCUT2D eigenvalue weighted by Crippen LogP contribution is -2.48. The van der Waals surface area contributed by atoms with Crippen LogP contribution in [-0.4, -0.2) is 41.9 Å². The lowest BCUT2D eigenvalue weighted by atomic mass is 9.56. The Morgan fingerprint density at radius 3 is 2.90 bits per heavy atom. The highest BCUT2D eigenvalue weighted by molar-refractivity contribution is 9.09. The lowest BCUT2D eigenvalue weighted by Gasteiger charge is -2.49. The Bertz CT molecular complexity index is 493. The lowest BCUT2D eigenvalue weighted by molar-refractivity contribution is -0.133. The summed E-state index contributed by atoms with van der Waals surface area (Å²) in [6.45, 7) is 4.15. The van der Waals surface area contributed by atoms with Gasteiger partial charge in [0.1, 0.15) is 0 Å². The second kappa shape index (κ2) is 4.58. The highest BCUT2D eigenvalue weighted by Gasteiger charge is 2.70. The van der Waals surface area contributed by atoms with Gasteiger partial charge in [0.05, 0.1) is 12.2 Å². The van der Waals surface area contributed by atoms with Gasteiger partial charge in [-0.15, -0.1) is 6.58 Å². The monoisotopic (exact) mass is 353 g/mol. The summed E-state index contributed by atoms with van der Waals surface area (Å²) in [5.41, 5.74) is -0.0212. The van der Waals surface area contributed by atoms with E-state index in [4.69, 9.17) is 4.74 Å². The van der Waals surface area contributed by atoms with Gasteiger partial charge in [0.15, 0.2) is 0 Å². The van der Waals surface area contributed by atoms with Crippen molar-refractivity contribution in [1.29, 1.82) is 0 Å². The zero-order valence-corrected chi connectivity index (χ0v) is 14.4. The van der Waals surface area contributed by atoms with Crippen molar-refractivity contribution in [3.05, 3.63) is 12.7 Å². The van der Waals surface area contributed by atoms with Crippen molar-refractivity contribution < 1.29 is 9.53 Å². The Morgan fingerprint density at radius 1 is 1.48 bits per heavy atom. The average Bonchev–Trinajstić information content (AvgIpc) is 3.08. The van der Waals surface area contributed by atoms with Gasteiger partial charge in [0.25, 0.3) is 0 Å². The van der Waals surface area contributed by atoms with Crippen LogP contribution >= 0.6 is 15.9 Å². The summed E-state index contributed by atoms with van der Waals surface area (Å²) < 4.78 is 6.34. The number of allylic oxidation sites excluding steroid dienone is 1. The number of hydrogen-bond donors (Lipinski definition) is 0. The summed E-state index contributed by atoms with van der Waals surface area (Å²) in [6.07, 6.45) is 7.00. The van der Waals surface area contributed by atoms with Crippen LogP contribution in [0.15, 0.2) is 12.7 Å². The van der Waals surface area contributed by atoms with E-state index in [9.17, 15) is 4.79 Å². The fourth-order valence-corrected chi connectivity index (χ4v) is 6.97. The summed E-state index contributed by atoms with van der Waals surface area (Å²) in [6, 6.07) is 0. The molecule has 1 amide bonds. The molecule has 116 valence electrons. The maximum absolute atomic E-state index is 12.4. The van der Waals surface area contributed by atoms with Crippen LogP contribution in [0, 0.1) is 29.1 Å². The Balaban J connectivity index is 1.70. The Hall–Kier alpha value is -0.350. The van der Waals surface area contributed by atoms with E-state index in [1.165, 1.54) is 6.42 Å². The highest BCUT2D eigenvalue weighted by atomic mass is 79.9. The molecule has 21 heavy (non-hydrogen) atoms. The molecule has 2 bridgehead atoms. The third-order valence-corrected chi connectivity index (χ3v) is 7.96. The van der Waals surface area contributed by atoms with Crippen LogP contribution in [0.4, 0.5) is 0 Å². The number of carbonyl (C=O) groups excluding carboxylic acids is 1. The maximum Gasteiger partial charge on any atom is 0.222 e. The van der Waals surface area contributed by atoms with Crippen LogP contribution in [0.1, 0.15) is 25.7 Å². The van der Waals surface area contributed by atoms with E-state index < -0.39 is 0 Å². The van der Waals surface area contributed by atoms with Crippen LogP contribution in [0.5, 0.6) is 0 Å². The van der Waals surface area contributed by atoms with Gasteiger partial charge in [0, 0.05) is 30.8 Å². The van der Waals surface area contributed by atoms with E-state index in [0.717, 1.165) is 12.8 Å². The molecular weight excluding hydrogens is 330 g/mol. The van der Waals surface area contributed by atoms with Crippen molar-refractivity contribution in [3.63, 3.8) is 0 Å². The standard InChI is InChI=1S/C17H24BrNO2/c1-4-17(8-12(20)19(2)3)6-5-11-13-9-7-10(14(13)17)15(18)16(9)21-11/h4,9-11,13-16H,1,5-8H2,2-3H3/t9-,10+,11-,13+,14+,15+,16-,17-/m0/s1. The van der Waals surface area contributed by atoms with Crippen LogP contribution in [0.25, 0.3) is 0 Å². The molecule has 4 heteroatoms. The third kappa shape index (κ3) is 1.72. The molecule has 3 aliphatic carbocycles. The first-order valence-corrected chi connectivity index (χ1v) is 9.03. The molecule has 1 aliphatic heterocycles. The highest BCUT2D eigenvalue weighted by Crippen LogP contribution is 2.69. The molecule has 3 saturated carbocycles. The molecule has 3 nitrogen and oxygen atoms in total. The van der Waals surface area contributed by atoms with E-state index in [-0.39, 0.29) is 11.3 Å². The van der Waals surface area contributed by atoms with Gasteiger partial charge in [-0.25, -0.2) is 0 Å². The van der Waals surface area contributed by atoms with Crippen molar-refractivity contribution in [2.24, 2.45) is 29.1 Å². The van der Waals surface area contributed by atoms with E-state index >= 15 is 0 Å². The van der Waals surface area contributed by atoms with Crippen LogP contribution in [0.3, 0.4) is 0 Å². The molecule has 0 radical (unpaired) electrons. The van der Waals surface area contributed by atoms with E-state index in [2.05, 4.69) is 28.6 Å². The molecule has 4 fully saturated rings. The smallest absolute Gasteiger partial charge is 0.222 e. The quantitative estimate of drug-likeness (QED) is 0.576. The molecule has 4 rings (SSSR count). The number of halogens is 1. The first kappa shape index (κ1) is 14.3. The average molecular weight is 354 g/mol. The normalized spacial score (nSPS) is 53.0. The molecule has 0 N–H and O–H groups in total. The summed E-state index contributed by atoms with van der Waals surface area (Å²) in [4.78, 5) is 14.6. The second-order valence-electron chi connectivity index (χ2n) is 7.69. The van der Waals surface area contributed by atoms with E-state index in [0.29, 0.717) is 47.1 Å². The Morgan fingerprint density at radius 2 is 2.24 bits per heavy atom. The number of alkyl halides is 1. The summed E-state index contributed by atoms with van der Waals surface area (Å²) in [5.74, 6) is 2.84. The second-order valence-corrected chi connectivity index (χ2v) is 8.75. The van der Waals surface area contributed by atoms with Gasteiger partial charge >= 0.3 is 0 Å². The minimum atomic E-state index is -0.0212. The van der Waals surface area contributed by atoms with E-state index in [1.54, 1.807) is 4.90 Å². The first-order valence-electron chi connectivity index (χ1n) is 8.12. The zero-order valence-electron chi connectivity index (χ0n) is 12.8. The van der Waals surface area contributed by atoms with Gasteiger partial charge in [-0.3, -0.25) is 4.79 Å². The van der Waals surface area contributed by atoms with Gasteiger partial charge in [0.2, 0.25) is 5.91 Å². The molecule has 0 aromatic carbocycles. The molecule has 0 unspecified atom stereocenters. The number of amides is 1. The molecule has 0 spiro atoms. The molecule has 1 saturated heterocycles. The molecule has 1 heterocycles. The molecule has 4 aliphatic rings. The number of rotatable bonds is 3. The third-order valence-electron chi connectivity index (χ3n) is 6.76. The fraction of sp³-hybridized carbons (Fsp3) is 0.824. The summed E-state index contributed by atoms with van der Waals surface area (Å²) in [5, 5.41) is 0. The molecular formula is C17H24BrNO2. The molecule has 8 atom stereocenters. The Labute approximate surface area is 135 Å². The number of nitrogens with zero attached hydrogens (tertiary/aromatic N) is 1. The first-order chi connectivity index (χ1) is 9.98. The molecule has 0 aromatic heterocycles. The van der Waals surface area contributed by atoms with Crippen LogP contribution in [0.2, 0.25) is 0 Å². The number of ether oxygens (including phenoxy) is 1. The van der Waals surface area contributed by atoms with Crippen molar-refractivity contribution in [1.82, 2.24) is 4.90 Å². The minimum absolute atomic E-state index is 0.0212. The van der Waals surface area contributed by atoms with E-state index in [1.807, 2.05) is 14.1 Å². The van der Waals surface area contributed by atoms with Gasteiger partial charge in [-0.2, -0.15) is 0 Å². The zero-order chi connectivity index (χ0) is 14.9. The van der Waals surface area contributed by atoms with Crippen LogP contribution < -0.4 is 0 Å².